The van der Waals surface area contributed by atoms with Gasteiger partial charge in [-0.3, -0.25) is 4.79 Å². The first-order valence-corrected chi connectivity index (χ1v) is 11.2. The van der Waals surface area contributed by atoms with Crippen LogP contribution < -0.4 is 4.74 Å². The van der Waals surface area contributed by atoms with Crippen LogP contribution in [0.15, 0.2) is 47.2 Å². The van der Waals surface area contributed by atoms with Crippen molar-refractivity contribution in [2.24, 2.45) is 0 Å². The average Bonchev–Trinajstić information content (AvgIpc) is 3.39. The second-order valence-corrected chi connectivity index (χ2v) is 8.78. The molecule has 3 aromatic rings. The third-order valence-corrected chi connectivity index (χ3v) is 6.82. The summed E-state index contributed by atoms with van der Waals surface area (Å²) in [5, 5.41) is 6.79. The van der Waals surface area contributed by atoms with Gasteiger partial charge >= 0.3 is 0 Å². The standard InChI is InChI=1S/C24H25NO2S/c26-23-6-10-27-24-14-21-12-17(3-4-18(21)13-22(23)24)2-1-8-25-9-5-19(15-25)20-7-11-28-16-20/h3-4,7,11-14,16,19H,1-2,5-6,8-10,15H2. The number of benzene rings is 2. The number of aryl methyl sites for hydroxylation is 1. The van der Waals surface area contributed by atoms with Crippen molar-refractivity contribution < 1.29 is 9.53 Å². The zero-order valence-corrected chi connectivity index (χ0v) is 16.8. The maximum atomic E-state index is 12.1. The van der Waals surface area contributed by atoms with Crippen LogP contribution in [-0.2, 0) is 6.42 Å². The number of rotatable bonds is 5. The Kier molecular flexibility index (Phi) is 4.91. The van der Waals surface area contributed by atoms with E-state index in [9.17, 15) is 4.79 Å². The van der Waals surface area contributed by atoms with Crippen LogP contribution in [0.1, 0.15) is 46.7 Å². The van der Waals surface area contributed by atoms with Crippen LogP contribution in [0.2, 0.25) is 0 Å². The highest BCUT2D eigenvalue weighted by atomic mass is 32.1. The van der Waals surface area contributed by atoms with E-state index in [4.69, 9.17) is 4.74 Å². The van der Waals surface area contributed by atoms with Crippen LogP contribution >= 0.6 is 11.3 Å². The lowest BCUT2D eigenvalue weighted by molar-refractivity contribution is 0.0934. The van der Waals surface area contributed by atoms with Crippen molar-refractivity contribution in [3.05, 3.63) is 63.8 Å². The Balaban J connectivity index is 1.21. The van der Waals surface area contributed by atoms with Gasteiger partial charge in [0.05, 0.1) is 12.2 Å². The highest BCUT2D eigenvalue weighted by molar-refractivity contribution is 7.08. The van der Waals surface area contributed by atoms with Crippen molar-refractivity contribution in [3.63, 3.8) is 0 Å². The molecule has 1 atom stereocenters. The predicted octanol–water partition coefficient (Wildman–Crippen LogP) is 5.29. The average molecular weight is 392 g/mol. The predicted molar refractivity (Wildman–Crippen MR) is 115 cm³/mol. The Morgan fingerprint density at radius 1 is 1.14 bits per heavy atom. The summed E-state index contributed by atoms with van der Waals surface area (Å²) in [6.07, 6.45) is 4.05. The summed E-state index contributed by atoms with van der Waals surface area (Å²) < 4.78 is 5.70. The SMILES string of the molecule is O=C1CCOc2cc3cc(CCCN4CCC(c5ccsc5)C4)ccc3cc21. The van der Waals surface area contributed by atoms with Gasteiger partial charge in [-0.2, -0.15) is 11.3 Å². The maximum absolute atomic E-state index is 12.1. The van der Waals surface area contributed by atoms with Gasteiger partial charge in [0, 0.05) is 13.0 Å². The lowest BCUT2D eigenvalue weighted by Gasteiger charge is -2.17. The van der Waals surface area contributed by atoms with E-state index in [-0.39, 0.29) is 5.78 Å². The minimum absolute atomic E-state index is 0.193. The molecule has 1 aromatic heterocycles. The molecule has 0 bridgehead atoms. The topological polar surface area (TPSA) is 29.5 Å². The van der Waals surface area contributed by atoms with Gasteiger partial charge in [-0.05, 0) is 89.1 Å². The Labute approximate surface area is 169 Å². The fourth-order valence-corrected chi connectivity index (χ4v) is 5.27. The first kappa shape index (κ1) is 17.9. The summed E-state index contributed by atoms with van der Waals surface area (Å²) in [5.74, 6) is 1.66. The fourth-order valence-electron chi connectivity index (χ4n) is 4.53. The number of hydrogen-bond acceptors (Lipinski definition) is 4. The molecule has 0 aliphatic carbocycles. The minimum Gasteiger partial charge on any atom is -0.492 e. The highest BCUT2D eigenvalue weighted by Crippen LogP contribution is 2.31. The monoisotopic (exact) mass is 391 g/mol. The van der Waals surface area contributed by atoms with Gasteiger partial charge in [-0.15, -0.1) is 0 Å². The van der Waals surface area contributed by atoms with Crippen LogP contribution in [-0.4, -0.2) is 36.9 Å². The van der Waals surface area contributed by atoms with Gasteiger partial charge < -0.3 is 9.64 Å². The van der Waals surface area contributed by atoms with Crippen molar-refractivity contribution in [2.75, 3.05) is 26.2 Å². The molecular formula is C24H25NO2S. The quantitative estimate of drug-likeness (QED) is 0.592. The van der Waals surface area contributed by atoms with Crippen molar-refractivity contribution in [1.29, 1.82) is 0 Å². The van der Waals surface area contributed by atoms with E-state index in [1.165, 1.54) is 49.0 Å². The number of nitrogens with zero attached hydrogens (tertiary/aromatic N) is 1. The second kappa shape index (κ2) is 7.69. The van der Waals surface area contributed by atoms with Gasteiger partial charge in [-0.1, -0.05) is 18.2 Å². The third kappa shape index (κ3) is 3.59. The van der Waals surface area contributed by atoms with Crippen LogP contribution in [0, 0.1) is 0 Å². The number of likely N-dealkylation sites (tertiary alicyclic amines) is 1. The number of carbonyl (C=O) groups excluding carboxylic acids is 1. The summed E-state index contributed by atoms with van der Waals surface area (Å²) in [4.78, 5) is 14.7. The number of hydrogen-bond donors (Lipinski definition) is 0. The van der Waals surface area contributed by atoms with Gasteiger partial charge in [0.25, 0.3) is 0 Å². The number of ether oxygens (including phenoxy) is 1. The lowest BCUT2D eigenvalue weighted by atomic mass is 9.98. The lowest BCUT2D eigenvalue weighted by Crippen LogP contribution is -2.22. The van der Waals surface area contributed by atoms with E-state index in [1.807, 2.05) is 12.1 Å². The second-order valence-electron chi connectivity index (χ2n) is 8.00. The molecule has 1 unspecified atom stereocenters. The summed E-state index contributed by atoms with van der Waals surface area (Å²) in [6.45, 7) is 4.08. The number of fused-ring (bicyclic) bond motifs is 2. The first-order valence-electron chi connectivity index (χ1n) is 10.2. The Morgan fingerprint density at radius 3 is 3.00 bits per heavy atom. The van der Waals surface area contributed by atoms with Crippen LogP contribution in [0.4, 0.5) is 0 Å². The number of ketones is 1. The van der Waals surface area contributed by atoms with E-state index in [1.54, 1.807) is 11.3 Å². The molecule has 0 saturated carbocycles. The summed E-state index contributed by atoms with van der Waals surface area (Å²) in [6, 6.07) is 12.9. The molecule has 28 heavy (non-hydrogen) atoms. The minimum atomic E-state index is 0.193. The van der Waals surface area contributed by atoms with Crippen molar-refractivity contribution in [3.8, 4) is 5.75 Å². The summed E-state index contributed by atoms with van der Waals surface area (Å²) >= 11 is 1.81. The molecule has 144 valence electrons. The third-order valence-electron chi connectivity index (χ3n) is 6.12. The molecular weight excluding hydrogens is 366 g/mol. The molecule has 1 saturated heterocycles. The maximum Gasteiger partial charge on any atom is 0.170 e. The van der Waals surface area contributed by atoms with E-state index < -0.39 is 0 Å². The van der Waals surface area contributed by atoms with E-state index >= 15 is 0 Å². The molecule has 5 rings (SSSR count). The van der Waals surface area contributed by atoms with E-state index in [2.05, 4.69) is 39.9 Å². The summed E-state index contributed by atoms with van der Waals surface area (Å²) in [5.41, 5.74) is 3.62. The highest BCUT2D eigenvalue weighted by Gasteiger charge is 2.23. The van der Waals surface area contributed by atoms with Crippen LogP contribution in [0.25, 0.3) is 10.8 Å². The normalized spacial score (nSPS) is 19.7. The molecule has 3 nitrogen and oxygen atoms in total. The van der Waals surface area contributed by atoms with Gasteiger partial charge in [0.2, 0.25) is 0 Å². The van der Waals surface area contributed by atoms with Crippen molar-refractivity contribution >= 4 is 27.9 Å². The molecule has 0 spiro atoms. The first-order chi connectivity index (χ1) is 13.8. The fraction of sp³-hybridized carbons (Fsp3) is 0.375. The Hall–Kier alpha value is -2.17. The largest absolute Gasteiger partial charge is 0.492 e. The zero-order chi connectivity index (χ0) is 18.9. The van der Waals surface area contributed by atoms with Gasteiger partial charge in [0.15, 0.2) is 5.78 Å². The van der Waals surface area contributed by atoms with Gasteiger partial charge in [-0.25, -0.2) is 0 Å². The van der Waals surface area contributed by atoms with Crippen LogP contribution in [0.3, 0.4) is 0 Å². The smallest absolute Gasteiger partial charge is 0.170 e. The Morgan fingerprint density at radius 2 is 2.11 bits per heavy atom. The van der Waals surface area contributed by atoms with E-state index in [0.29, 0.717) is 13.0 Å². The zero-order valence-electron chi connectivity index (χ0n) is 16.0. The Bertz CT molecular complexity index is 995. The molecule has 0 N–H and O–H groups in total. The number of Topliss-reactive ketones (excluding diaryl/α,β-unsaturated/α-hetero) is 1. The molecule has 3 heterocycles. The van der Waals surface area contributed by atoms with Crippen molar-refractivity contribution in [2.45, 2.75) is 31.6 Å². The van der Waals surface area contributed by atoms with Gasteiger partial charge in [0.1, 0.15) is 5.75 Å². The molecule has 2 aliphatic rings. The molecule has 4 heteroatoms. The van der Waals surface area contributed by atoms with Crippen LogP contribution in [0.5, 0.6) is 5.75 Å². The molecule has 2 aliphatic heterocycles. The number of carbonyl (C=O) groups is 1. The molecule has 0 amide bonds. The molecule has 2 aromatic carbocycles. The molecule has 1 fully saturated rings. The number of thiophene rings is 1. The summed E-state index contributed by atoms with van der Waals surface area (Å²) in [7, 11) is 0. The molecule has 0 radical (unpaired) electrons. The van der Waals surface area contributed by atoms with Crippen molar-refractivity contribution in [1.82, 2.24) is 4.90 Å². The van der Waals surface area contributed by atoms with E-state index in [0.717, 1.165) is 29.0 Å².